The van der Waals surface area contributed by atoms with Crippen molar-refractivity contribution in [2.75, 3.05) is 6.54 Å². The molecule has 0 aromatic heterocycles. The maximum atomic E-state index is 6.20. The molecule has 19 heavy (non-hydrogen) atoms. The van der Waals surface area contributed by atoms with Gasteiger partial charge in [0.1, 0.15) is 11.9 Å². The summed E-state index contributed by atoms with van der Waals surface area (Å²) in [6.45, 7) is 3.25. The van der Waals surface area contributed by atoms with Crippen LogP contribution in [0.4, 0.5) is 0 Å². The van der Waals surface area contributed by atoms with E-state index in [2.05, 4.69) is 18.3 Å². The van der Waals surface area contributed by atoms with Crippen LogP contribution in [0.15, 0.2) is 18.2 Å². The van der Waals surface area contributed by atoms with E-state index in [1.54, 1.807) is 0 Å². The van der Waals surface area contributed by atoms with Crippen molar-refractivity contribution in [1.82, 2.24) is 5.32 Å². The summed E-state index contributed by atoms with van der Waals surface area (Å²) in [5.74, 6) is 1.79. The van der Waals surface area contributed by atoms with Crippen molar-refractivity contribution in [3.63, 3.8) is 0 Å². The van der Waals surface area contributed by atoms with Gasteiger partial charge in [0.15, 0.2) is 0 Å². The number of halogens is 1. The average molecular weight is 280 g/mol. The average Bonchev–Trinajstić information content (AvgIpc) is 2.34. The second-order valence-corrected chi connectivity index (χ2v) is 6.21. The Morgan fingerprint density at radius 1 is 1.37 bits per heavy atom. The summed E-state index contributed by atoms with van der Waals surface area (Å²) < 4.78 is 6.20. The largest absolute Gasteiger partial charge is 0.490 e. The van der Waals surface area contributed by atoms with E-state index < -0.39 is 0 Å². The highest BCUT2D eigenvalue weighted by Crippen LogP contribution is 2.42. The monoisotopic (exact) mass is 279 g/mol. The first-order chi connectivity index (χ1) is 9.28. The third-order valence-electron chi connectivity index (χ3n) is 4.41. The van der Waals surface area contributed by atoms with E-state index in [1.165, 1.54) is 24.8 Å². The van der Waals surface area contributed by atoms with E-state index >= 15 is 0 Å². The molecule has 0 spiro atoms. The molecule has 2 unspecified atom stereocenters. The Kier molecular flexibility index (Phi) is 3.99. The summed E-state index contributed by atoms with van der Waals surface area (Å²) in [7, 11) is 0. The highest BCUT2D eigenvalue weighted by Gasteiger charge is 2.35. The molecule has 1 N–H and O–H groups in total. The molecule has 104 valence electrons. The van der Waals surface area contributed by atoms with Crippen LogP contribution in [0.25, 0.3) is 0 Å². The Hall–Kier alpha value is -0.730. The minimum absolute atomic E-state index is 0.386. The quantitative estimate of drug-likeness (QED) is 0.886. The number of nitrogens with one attached hydrogen (secondary N) is 1. The lowest BCUT2D eigenvalue weighted by Gasteiger charge is -2.40. The van der Waals surface area contributed by atoms with Gasteiger partial charge in [-0.1, -0.05) is 24.9 Å². The lowest BCUT2D eigenvalue weighted by Crippen LogP contribution is -2.39. The van der Waals surface area contributed by atoms with Gasteiger partial charge in [-0.05, 0) is 49.9 Å². The molecule has 0 bridgehead atoms. The second kappa shape index (κ2) is 5.72. The fourth-order valence-corrected chi connectivity index (χ4v) is 3.26. The predicted octanol–water partition coefficient (Wildman–Crippen LogP) is 4.33. The van der Waals surface area contributed by atoms with Gasteiger partial charge in [0.05, 0.1) is 0 Å². The van der Waals surface area contributed by atoms with Crippen LogP contribution in [0.1, 0.15) is 50.6 Å². The van der Waals surface area contributed by atoms with Gasteiger partial charge >= 0.3 is 0 Å². The molecule has 3 heteroatoms. The lowest BCUT2D eigenvalue weighted by molar-refractivity contribution is 0.0531. The molecular weight excluding hydrogens is 258 g/mol. The molecule has 1 fully saturated rings. The van der Waals surface area contributed by atoms with Crippen molar-refractivity contribution in [3.05, 3.63) is 28.8 Å². The van der Waals surface area contributed by atoms with Crippen molar-refractivity contribution < 1.29 is 4.74 Å². The van der Waals surface area contributed by atoms with Gasteiger partial charge in [-0.25, -0.2) is 0 Å². The first-order valence-electron chi connectivity index (χ1n) is 7.47. The van der Waals surface area contributed by atoms with Crippen LogP contribution in [-0.4, -0.2) is 12.6 Å². The molecule has 1 aromatic carbocycles. The van der Waals surface area contributed by atoms with Gasteiger partial charge in [0.25, 0.3) is 0 Å². The summed E-state index contributed by atoms with van der Waals surface area (Å²) in [6.07, 6.45) is 6.64. The number of ether oxygens (including phenoxy) is 1. The van der Waals surface area contributed by atoms with Crippen LogP contribution in [-0.2, 0) is 0 Å². The fourth-order valence-electron chi connectivity index (χ4n) is 3.08. The van der Waals surface area contributed by atoms with E-state index in [0.717, 1.165) is 36.1 Å². The smallest absolute Gasteiger partial charge is 0.124 e. The van der Waals surface area contributed by atoms with Crippen molar-refractivity contribution >= 4 is 11.6 Å². The fraction of sp³-hybridized carbons (Fsp3) is 0.625. The van der Waals surface area contributed by atoms with E-state index in [-0.39, 0.29) is 0 Å². The van der Waals surface area contributed by atoms with Crippen LogP contribution in [0.2, 0.25) is 5.02 Å². The molecule has 2 atom stereocenters. The number of benzene rings is 1. The molecule has 0 amide bonds. The molecule has 1 aliphatic carbocycles. The Morgan fingerprint density at radius 3 is 2.89 bits per heavy atom. The number of hydrogen-bond donors (Lipinski definition) is 1. The van der Waals surface area contributed by atoms with Crippen molar-refractivity contribution in [2.45, 2.75) is 51.2 Å². The van der Waals surface area contributed by atoms with E-state index in [9.17, 15) is 0 Å². The number of fused-ring (bicyclic) bond motifs is 1. The highest BCUT2D eigenvalue weighted by molar-refractivity contribution is 6.30. The SMILES string of the molecule is CCCNC1CC(C2CCC2)Oc2ccc(Cl)cc21. The second-order valence-electron chi connectivity index (χ2n) is 5.77. The van der Waals surface area contributed by atoms with Crippen LogP contribution in [0.5, 0.6) is 5.75 Å². The van der Waals surface area contributed by atoms with Crippen LogP contribution >= 0.6 is 11.6 Å². The molecule has 1 saturated carbocycles. The van der Waals surface area contributed by atoms with Gasteiger partial charge in [0.2, 0.25) is 0 Å². The van der Waals surface area contributed by atoms with Gasteiger partial charge in [-0.2, -0.15) is 0 Å². The zero-order valence-corrected chi connectivity index (χ0v) is 12.2. The van der Waals surface area contributed by atoms with Gasteiger partial charge in [0, 0.05) is 23.0 Å². The molecule has 0 saturated heterocycles. The van der Waals surface area contributed by atoms with Crippen LogP contribution in [0.3, 0.4) is 0 Å². The van der Waals surface area contributed by atoms with E-state index in [1.807, 2.05) is 12.1 Å². The molecule has 3 rings (SSSR count). The molecule has 1 heterocycles. The molecule has 2 nitrogen and oxygen atoms in total. The summed E-state index contributed by atoms with van der Waals surface area (Å²) in [5, 5.41) is 4.45. The number of rotatable bonds is 4. The van der Waals surface area contributed by atoms with Crippen molar-refractivity contribution in [3.8, 4) is 5.75 Å². The first-order valence-corrected chi connectivity index (χ1v) is 7.85. The van der Waals surface area contributed by atoms with Crippen LogP contribution in [0, 0.1) is 5.92 Å². The Morgan fingerprint density at radius 2 is 2.21 bits per heavy atom. The third-order valence-corrected chi connectivity index (χ3v) is 4.65. The Bertz CT molecular complexity index is 444. The number of hydrogen-bond acceptors (Lipinski definition) is 2. The van der Waals surface area contributed by atoms with Gasteiger partial charge in [-0.3, -0.25) is 0 Å². The zero-order chi connectivity index (χ0) is 13.2. The molecule has 1 aromatic rings. The molecule has 1 aliphatic heterocycles. The maximum Gasteiger partial charge on any atom is 0.124 e. The zero-order valence-electron chi connectivity index (χ0n) is 11.5. The topological polar surface area (TPSA) is 21.3 Å². The van der Waals surface area contributed by atoms with E-state index in [4.69, 9.17) is 16.3 Å². The van der Waals surface area contributed by atoms with Crippen molar-refractivity contribution in [1.29, 1.82) is 0 Å². The summed E-state index contributed by atoms with van der Waals surface area (Å²) in [5.41, 5.74) is 1.23. The summed E-state index contributed by atoms with van der Waals surface area (Å²) >= 11 is 6.13. The van der Waals surface area contributed by atoms with Crippen LogP contribution < -0.4 is 10.1 Å². The lowest BCUT2D eigenvalue weighted by atomic mass is 9.77. The normalized spacial score (nSPS) is 26.4. The minimum Gasteiger partial charge on any atom is -0.490 e. The van der Waals surface area contributed by atoms with Crippen molar-refractivity contribution in [2.24, 2.45) is 5.92 Å². The molecule has 2 aliphatic rings. The highest BCUT2D eigenvalue weighted by atomic mass is 35.5. The summed E-state index contributed by atoms with van der Waals surface area (Å²) in [6, 6.07) is 6.41. The van der Waals surface area contributed by atoms with Gasteiger partial charge < -0.3 is 10.1 Å². The predicted molar refractivity (Wildman–Crippen MR) is 78.9 cm³/mol. The minimum atomic E-state index is 0.386. The Labute approximate surface area is 120 Å². The Balaban J connectivity index is 1.82. The first kappa shape index (κ1) is 13.3. The molecule has 0 radical (unpaired) electrons. The molecular formula is C16H22ClNO. The summed E-state index contributed by atoms with van der Waals surface area (Å²) in [4.78, 5) is 0. The maximum absolute atomic E-state index is 6.20. The standard InChI is InChI=1S/C16H22ClNO/c1-2-8-18-14-10-16(11-4-3-5-11)19-15-7-6-12(17)9-13(14)15/h6-7,9,11,14,16,18H,2-5,8,10H2,1H3. The van der Waals surface area contributed by atoms with Gasteiger partial charge in [-0.15, -0.1) is 0 Å². The third kappa shape index (κ3) is 2.75. The van der Waals surface area contributed by atoms with E-state index in [0.29, 0.717) is 12.1 Å².